The highest BCUT2D eigenvalue weighted by Gasteiger charge is 2.41. The second-order valence-electron chi connectivity index (χ2n) is 8.64. The van der Waals surface area contributed by atoms with Gasteiger partial charge in [0.1, 0.15) is 0 Å². The molecule has 0 aromatic carbocycles. The molecule has 3 aliphatic rings. The lowest BCUT2D eigenvalue weighted by atomic mass is 9.82. The summed E-state index contributed by atoms with van der Waals surface area (Å²) in [4.78, 5) is 38.1. The minimum absolute atomic E-state index is 0.101. The molecule has 0 aromatic rings. The van der Waals surface area contributed by atoms with Crippen LogP contribution in [0.4, 0.5) is 8.78 Å². The van der Waals surface area contributed by atoms with Crippen LogP contribution in [0.1, 0.15) is 51.4 Å². The van der Waals surface area contributed by atoms with E-state index < -0.39 is 18.5 Å². The van der Waals surface area contributed by atoms with Crippen LogP contribution in [0.2, 0.25) is 0 Å². The first kappa shape index (κ1) is 23.5. The van der Waals surface area contributed by atoms with Crippen molar-refractivity contribution in [3.8, 4) is 0 Å². The standard InChI is InChI=1S/C17H27F2N3O2.C3H7NO/c18-17(19)7-9-21(11-17)16(24)14(20)10-12-3-5-13(6-4-12)22-8-1-2-15(22)23;1-4(2)3-5/h12-14H,1-11,20H2;3H,1-2H3/t12?,13?,14-;/m0./s1. The fraction of sp³-hybridized carbons (Fsp3) is 0.850. The zero-order valence-electron chi connectivity index (χ0n) is 17.5. The molecule has 166 valence electrons. The first-order valence-corrected chi connectivity index (χ1v) is 10.5. The number of rotatable bonds is 5. The van der Waals surface area contributed by atoms with Crippen LogP contribution in [0.3, 0.4) is 0 Å². The molecule has 2 saturated heterocycles. The van der Waals surface area contributed by atoms with Crippen LogP contribution < -0.4 is 5.73 Å². The summed E-state index contributed by atoms with van der Waals surface area (Å²) in [6.45, 7) is 0.474. The number of carbonyl (C=O) groups excluding carboxylic acids is 3. The quantitative estimate of drug-likeness (QED) is 0.688. The van der Waals surface area contributed by atoms with Crippen LogP contribution in [0, 0.1) is 5.92 Å². The van der Waals surface area contributed by atoms with Crippen molar-refractivity contribution >= 4 is 18.2 Å². The van der Waals surface area contributed by atoms with Gasteiger partial charge in [0.2, 0.25) is 18.2 Å². The smallest absolute Gasteiger partial charge is 0.267 e. The molecule has 2 heterocycles. The third-order valence-corrected chi connectivity index (χ3v) is 5.96. The van der Waals surface area contributed by atoms with Crippen molar-refractivity contribution in [1.82, 2.24) is 14.7 Å². The normalized spacial score (nSPS) is 27.3. The molecular weight excluding hydrogens is 382 g/mol. The molecule has 0 bridgehead atoms. The third-order valence-electron chi connectivity index (χ3n) is 5.96. The van der Waals surface area contributed by atoms with Gasteiger partial charge in [-0.25, -0.2) is 8.78 Å². The van der Waals surface area contributed by atoms with Gasteiger partial charge in [0.25, 0.3) is 5.92 Å². The molecule has 7 nitrogen and oxygen atoms in total. The molecule has 0 spiro atoms. The summed E-state index contributed by atoms with van der Waals surface area (Å²) in [5.74, 6) is -2.50. The van der Waals surface area contributed by atoms with Crippen molar-refractivity contribution in [3.63, 3.8) is 0 Å². The molecule has 0 radical (unpaired) electrons. The molecule has 9 heteroatoms. The lowest BCUT2D eigenvalue weighted by Gasteiger charge is -2.35. The molecule has 1 saturated carbocycles. The van der Waals surface area contributed by atoms with E-state index in [9.17, 15) is 23.2 Å². The van der Waals surface area contributed by atoms with E-state index >= 15 is 0 Å². The zero-order valence-corrected chi connectivity index (χ0v) is 17.5. The highest BCUT2D eigenvalue weighted by atomic mass is 19.3. The van der Waals surface area contributed by atoms with Crippen molar-refractivity contribution in [3.05, 3.63) is 0 Å². The molecule has 1 atom stereocenters. The third kappa shape index (κ3) is 6.90. The summed E-state index contributed by atoms with van der Waals surface area (Å²) in [6.07, 6.45) is 6.48. The van der Waals surface area contributed by atoms with E-state index in [1.807, 2.05) is 4.90 Å². The summed E-state index contributed by atoms with van der Waals surface area (Å²) in [5, 5.41) is 0. The van der Waals surface area contributed by atoms with Crippen LogP contribution in [-0.4, -0.2) is 84.7 Å². The molecule has 29 heavy (non-hydrogen) atoms. The number of halogens is 2. The first-order chi connectivity index (χ1) is 13.6. The number of nitrogens with two attached hydrogens (primary N) is 1. The Morgan fingerprint density at radius 1 is 1.28 bits per heavy atom. The highest BCUT2D eigenvalue weighted by molar-refractivity contribution is 5.82. The van der Waals surface area contributed by atoms with E-state index in [0.717, 1.165) is 45.1 Å². The van der Waals surface area contributed by atoms with Crippen LogP contribution in [0.15, 0.2) is 0 Å². The molecule has 3 amide bonds. The van der Waals surface area contributed by atoms with E-state index in [1.165, 1.54) is 9.80 Å². The number of nitrogens with zero attached hydrogens (tertiary/aromatic N) is 3. The summed E-state index contributed by atoms with van der Waals surface area (Å²) in [7, 11) is 3.38. The largest absolute Gasteiger partial charge is 0.351 e. The summed E-state index contributed by atoms with van der Waals surface area (Å²) >= 11 is 0. The monoisotopic (exact) mass is 416 g/mol. The van der Waals surface area contributed by atoms with Gasteiger partial charge in [0.15, 0.2) is 0 Å². The second-order valence-corrected chi connectivity index (χ2v) is 8.64. The molecule has 3 fully saturated rings. The lowest BCUT2D eigenvalue weighted by molar-refractivity contribution is -0.133. The highest BCUT2D eigenvalue weighted by Crippen LogP contribution is 2.33. The van der Waals surface area contributed by atoms with Crippen molar-refractivity contribution in [2.24, 2.45) is 11.7 Å². The Hall–Kier alpha value is -1.77. The SMILES string of the molecule is CN(C)C=O.N[C@@H](CC1CCC(N2CCCC2=O)CC1)C(=O)N1CCC(F)(F)C1. The van der Waals surface area contributed by atoms with Crippen molar-refractivity contribution in [1.29, 1.82) is 0 Å². The average Bonchev–Trinajstić information content (AvgIpc) is 3.27. The average molecular weight is 417 g/mol. The van der Waals surface area contributed by atoms with E-state index in [1.54, 1.807) is 14.1 Å². The summed E-state index contributed by atoms with van der Waals surface area (Å²) in [5.41, 5.74) is 5.99. The Morgan fingerprint density at radius 2 is 1.90 bits per heavy atom. The molecule has 2 N–H and O–H groups in total. The number of likely N-dealkylation sites (tertiary alicyclic amines) is 2. The van der Waals surface area contributed by atoms with Gasteiger partial charge in [0, 0.05) is 46.1 Å². The van der Waals surface area contributed by atoms with Gasteiger partial charge in [-0.15, -0.1) is 0 Å². The lowest BCUT2D eigenvalue weighted by Crippen LogP contribution is -2.45. The number of carbonyl (C=O) groups is 3. The molecule has 3 rings (SSSR count). The van der Waals surface area contributed by atoms with E-state index in [4.69, 9.17) is 5.73 Å². The van der Waals surface area contributed by atoms with E-state index in [-0.39, 0.29) is 24.8 Å². The van der Waals surface area contributed by atoms with Gasteiger partial charge in [-0.1, -0.05) is 0 Å². The number of alkyl halides is 2. The molecule has 0 aromatic heterocycles. The Morgan fingerprint density at radius 3 is 2.34 bits per heavy atom. The Labute approximate surface area is 171 Å². The Balaban J connectivity index is 0.000000537. The topological polar surface area (TPSA) is 87.0 Å². The Bertz CT molecular complexity index is 580. The number of hydrogen-bond acceptors (Lipinski definition) is 4. The fourth-order valence-electron chi connectivity index (χ4n) is 4.37. The van der Waals surface area contributed by atoms with Gasteiger partial charge in [0.05, 0.1) is 12.6 Å². The van der Waals surface area contributed by atoms with Gasteiger partial charge in [-0.3, -0.25) is 14.4 Å². The predicted octanol–water partition coefficient (Wildman–Crippen LogP) is 1.46. The van der Waals surface area contributed by atoms with E-state index in [0.29, 0.717) is 24.8 Å². The van der Waals surface area contributed by atoms with Gasteiger partial charge < -0.3 is 20.4 Å². The molecular formula is C20H34F2N4O3. The predicted molar refractivity (Wildman–Crippen MR) is 105 cm³/mol. The summed E-state index contributed by atoms with van der Waals surface area (Å²) in [6, 6.07) is -0.352. The maximum Gasteiger partial charge on any atom is 0.267 e. The summed E-state index contributed by atoms with van der Waals surface area (Å²) < 4.78 is 26.5. The molecule has 1 aliphatic carbocycles. The zero-order chi connectivity index (χ0) is 21.6. The first-order valence-electron chi connectivity index (χ1n) is 10.5. The maximum absolute atomic E-state index is 13.2. The second kappa shape index (κ2) is 10.3. The van der Waals surface area contributed by atoms with E-state index in [2.05, 4.69) is 0 Å². The van der Waals surface area contributed by atoms with Crippen LogP contribution >= 0.6 is 0 Å². The minimum Gasteiger partial charge on any atom is -0.351 e. The molecule has 2 aliphatic heterocycles. The van der Waals surface area contributed by atoms with Crippen LogP contribution in [0.25, 0.3) is 0 Å². The van der Waals surface area contributed by atoms with Crippen molar-refractivity contribution in [2.75, 3.05) is 33.7 Å². The molecule has 0 unspecified atom stereocenters. The van der Waals surface area contributed by atoms with Crippen molar-refractivity contribution in [2.45, 2.75) is 69.4 Å². The van der Waals surface area contributed by atoms with Crippen LogP contribution in [0.5, 0.6) is 0 Å². The Kier molecular flexibility index (Phi) is 8.36. The van der Waals surface area contributed by atoms with Gasteiger partial charge in [-0.05, 0) is 44.4 Å². The minimum atomic E-state index is -2.77. The van der Waals surface area contributed by atoms with Gasteiger partial charge in [-0.2, -0.15) is 0 Å². The van der Waals surface area contributed by atoms with Crippen LogP contribution in [-0.2, 0) is 14.4 Å². The fourth-order valence-corrected chi connectivity index (χ4v) is 4.37. The van der Waals surface area contributed by atoms with Crippen molar-refractivity contribution < 1.29 is 23.2 Å². The number of amides is 3. The maximum atomic E-state index is 13.2. The van der Waals surface area contributed by atoms with Gasteiger partial charge >= 0.3 is 0 Å². The number of hydrogen-bond donors (Lipinski definition) is 1.